The van der Waals surface area contributed by atoms with Gasteiger partial charge < -0.3 is 30.4 Å². The third-order valence-corrected chi connectivity index (χ3v) is 5.10. The summed E-state index contributed by atoms with van der Waals surface area (Å²) >= 11 is 0. The zero-order valence-corrected chi connectivity index (χ0v) is 17.2. The first-order valence-electron chi connectivity index (χ1n) is 10.0. The Bertz CT molecular complexity index is 723. The number of amides is 2. The van der Waals surface area contributed by atoms with Crippen LogP contribution in [0.1, 0.15) is 36.0 Å². The summed E-state index contributed by atoms with van der Waals surface area (Å²) in [6.07, 6.45) is 2.12. The van der Waals surface area contributed by atoms with Crippen LogP contribution in [0.15, 0.2) is 24.3 Å². The van der Waals surface area contributed by atoms with Crippen molar-refractivity contribution in [2.24, 2.45) is 11.7 Å². The summed E-state index contributed by atoms with van der Waals surface area (Å²) in [4.78, 5) is 36.2. The number of primary amides is 1. The Hall–Kier alpha value is -2.49. The molecule has 9 heteroatoms. The molecule has 0 heterocycles. The maximum atomic E-state index is 13.0. The Morgan fingerprint density at radius 2 is 1.83 bits per heavy atom. The number of nitrogens with two attached hydrogens (primary N) is 1. The summed E-state index contributed by atoms with van der Waals surface area (Å²) in [6.45, 7) is 0.784. The van der Waals surface area contributed by atoms with Crippen LogP contribution in [-0.4, -0.2) is 68.4 Å². The fraction of sp³-hybridized carbons (Fsp3) is 0.571. The second kappa shape index (κ2) is 11.6. The highest BCUT2D eigenvalue weighted by Crippen LogP contribution is 2.37. The number of ketones is 1. The van der Waals surface area contributed by atoms with Gasteiger partial charge in [0.2, 0.25) is 11.8 Å². The van der Waals surface area contributed by atoms with Crippen LogP contribution in [-0.2, 0) is 19.1 Å². The van der Waals surface area contributed by atoms with Gasteiger partial charge in [-0.3, -0.25) is 14.4 Å². The van der Waals surface area contributed by atoms with Crippen molar-refractivity contribution in [2.75, 3.05) is 40.1 Å². The van der Waals surface area contributed by atoms with Crippen LogP contribution in [0, 0.1) is 5.92 Å². The second-order valence-corrected chi connectivity index (χ2v) is 7.20. The molecule has 2 rings (SSSR count). The maximum absolute atomic E-state index is 13.0. The molecule has 2 unspecified atom stereocenters. The van der Waals surface area contributed by atoms with Crippen LogP contribution in [0.5, 0.6) is 5.75 Å². The van der Waals surface area contributed by atoms with E-state index < -0.39 is 23.2 Å². The van der Waals surface area contributed by atoms with Gasteiger partial charge >= 0.3 is 0 Å². The van der Waals surface area contributed by atoms with Crippen molar-refractivity contribution in [3.05, 3.63) is 29.8 Å². The summed E-state index contributed by atoms with van der Waals surface area (Å²) in [5, 5.41) is 13.9. The van der Waals surface area contributed by atoms with Crippen molar-refractivity contribution < 1.29 is 33.7 Å². The predicted molar refractivity (Wildman–Crippen MR) is 108 cm³/mol. The molecule has 1 aliphatic carbocycles. The lowest BCUT2D eigenvalue weighted by Gasteiger charge is -2.37. The summed E-state index contributed by atoms with van der Waals surface area (Å²) in [7, 11) is 1.53. The molecule has 1 saturated carbocycles. The Morgan fingerprint density at radius 3 is 2.50 bits per heavy atom. The maximum Gasteiger partial charge on any atom is 0.243 e. The molecule has 0 aromatic heterocycles. The summed E-state index contributed by atoms with van der Waals surface area (Å²) < 4.78 is 15.4. The van der Waals surface area contributed by atoms with Crippen molar-refractivity contribution in [1.29, 1.82) is 0 Å². The molecule has 1 aliphatic rings. The van der Waals surface area contributed by atoms with Crippen molar-refractivity contribution in [3.63, 3.8) is 0 Å². The summed E-state index contributed by atoms with van der Waals surface area (Å²) in [5.74, 6) is -1.58. The van der Waals surface area contributed by atoms with E-state index in [0.717, 1.165) is 6.42 Å². The number of carbonyl (C=O) groups excluding carboxylic acids is 3. The van der Waals surface area contributed by atoms with Crippen molar-refractivity contribution in [1.82, 2.24) is 5.32 Å². The molecule has 0 spiro atoms. The average Bonchev–Trinajstić information content (AvgIpc) is 2.75. The van der Waals surface area contributed by atoms with E-state index in [1.807, 2.05) is 0 Å². The fourth-order valence-corrected chi connectivity index (χ4v) is 3.53. The molecule has 0 bridgehead atoms. The minimum atomic E-state index is -1.74. The van der Waals surface area contributed by atoms with Crippen LogP contribution in [0.3, 0.4) is 0 Å². The van der Waals surface area contributed by atoms with E-state index in [4.69, 9.17) is 19.9 Å². The fourth-order valence-electron chi connectivity index (χ4n) is 3.53. The van der Waals surface area contributed by atoms with Gasteiger partial charge in [0, 0.05) is 12.1 Å². The largest absolute Gasteiger partial charge is 0.497 e. The van der Waals surface area contributed by atoms with Crippen molar-refractivity contribution >= 4 is 17.6 Å². The predicted octanol–water partition coefficient (Wildman–Crippen LogP) is 0.434. The van der Waals surface area contributed by atoms with Gasteiger partial charge in [-0.2, -0.15) is 0 Å². The van der Waals surface area contributed by atoms with Crippen molar-refractivity contribution in [2.45, 2.75) is 31.3 Å². The molecule has 2 amide bonds. The molecule has 0 saturated heterocycles. The quantitative estimate of drug-likeness (QED) is 0.328. The van der Waals surface area contributed by atoms with Gasteiger partial charge in [0.15, 0.2) is 5.78 Å². The molecule has 9 nitrogen and oxygen atoms in total. The minimum absolute atomic E-state index is 0.164. The Morgan fingerprint density at radius 1 is 1.13 bits per heavy atom. The van der Waals surface area contributed by atoms with Gasteiger partial charge in [-0.25, -0.2) is 0 Å². The molecule has 2 atom stereocenters. The molecule has 1 aromatic rings. The summed E-state index contributed by atoms with van der Waals surface area (Å²) in [5.41, 5.74) is 3.56. The van der Waals surface area contributed by atoms with Crippen LogP contribution in [0.2, 0.25) is 0 Å². The summed E-state index contributed by atoms with van der Waals surface area (Å²) in [6, 6.07) is 6.49. The van der Waals surface area contributed by atoms with Crippen LogP contribution in [0.25, 0.3) is 0 Å². The van der Waals surface area contributed by atoms with E-state index in [2.05, 4.69) is 5.32 Å². The molecule has 0 aliphatic heterocycles. The molecule has 1 fully saturated rings. The molecule has 1 aromatic carbocycles. The number of benzene rings is 1. The highest BCUT2D eigenvalue weighted by molar-refractivity contribution is 6.05. The number of ether oxygens (including phenoxy) is 3. The minimum Gasteiger partial charge on any atom is -0.497 e. The van der Waals surface area contributed by atoms with E-state index in [0.29, 0.717) is 24.2 Å². The van der Waals surface area contributed by atoms with Gasteiger partial charge in [0.05, 0.1) is 32.8 Å². The highest BCUT2D eigenvalue weighted by atomic mass is 16.5. The Labute approximate surface area is 175 Å². The number of Topliss-reactive ketones (excluding diaryl/α,β-unsaturated/α-hetero) is 1. The molecule has 0 radical (unpaired) electrons. The van der Waals surface area contributed by atoms with Gasteiger partial charge in [0.25, 0.3) is 0 Å². The highest BCUT2D eigenvalue weighted by Gasteiger charge is 2.48. The second-order valence-electron chi connectivity index (χ2n) is 7.20. The van der Waals surface area contributed by atoms with Gasteiger partial charge in [0.1, 0.15) is 18.0 Å². The van der Waals surface area contributed by atoms with Gasteiger partial charge in [-0.15, -0.1) is 0 Å². The van der Waals surface area contributed by atoms with Crippen LogP contribution >= 0.6 is 0 Å². The molecule has 166 valence electrons. The first-order chi connectivity index (χ1) is 14.4. The topological polar surface area (TPSA) is 137 Å². The normalized spacial score (nSPS) is 21.1. The van der Waals surface area contributed by atoms with Crippen LogP contribution < -0.4 is 15.8 Å². The molecular weight excluding hydrogens is 392 g/mol. The Balaban J connectivity index is 1.86. The SMILES string of the molecule is COc1ccc(C(=O)C2(O)CCCCC2C(=O)NCCOCCOCC(N)=O)cc1. The monoisotopic (exact) mass is 422 g/mol. The molecular formula is C21H30N2O7. The van der Waals surface area contributed by atoms with E-state index in [1.54, 1.807) is 24.3 Å². The third-order valence-electron chi connectivity index (χ3n) is 5.10. The number of aliphatic hydroxyl groups is 1. The van der Waals surface area contributed by atoms with E-state index in [9.17, 15) is 19.5 Å². The Kier molecular flexibility index (Phi) is 9.22. The number of nitrogens with one attached hydrogen (secondary N) is 1. The smallest absolute Gasteiger partial charge is 0.243 e. The van der Waals surface area contributed by atoms with Gasteiger partial charge in [-0.05, 0) is 37.1 Å². The lowest BCUT2D eigenvalue weighted by molar-refractivity contribution is -0.135. The zero-order valence-electron chi connectivity index (χ0n) is 17.2. The molecule has 30 heavy (non-hydrogen) atoms. The lowest BCUT2D eigenvalue weighted by atomic mass is 9.71. The number of hydrogen-bond acceptors (Lipinski definition) is 7. The van der Waals surface area contributed by atoms with Crippen molar-refractivity contribution in [3.8, 4) is 5.75 Å². The van der Waals surface area contributed by atoms with E-state index >= 15 is 0 Å². The van der Waals surface area contributed by atoms with Gasteiger partial charge in [-0.1, -0.05) is 12.8 Å². The standard InChI is InChI=1S/C21H30N2O7/c1-28-16-7-5-15(6-8-16)19(25)21(27)9-3-2-4-17(21)20(26)23-10-11-29-12-13-30-14-18(22)24/h5-8,17,27H,2-4,9-14H2,1H3,(H2,22,24)(H,23,26). The zero-order chi connectivity index (χ0) is 22.0. The number of methoxy groups -OCH3 is 1. The number of carbonyl (C=O) groups is 3. The first-order valence-corrected chi connectivity index (χ1v) is 10.0. The lowest BCUT2D eigenvalue weighted by Crippen LogP contribution is -2.54. The number of hydrogen-bond donors (Lipinski definition) is 3. The van der Waals surface area contributed by atoms with E-state index in [1.165, 1.54) is 7.11 Å². The average molecular weight is 422 g/mol. The van der Waals surface area contributed by atoms with E-state index in [-0.39, 0.29) is 45.3 Å². The third kappa shape index (κ3) is 6.51. The molecule has 4 N–H and O–H groups in total. The number of rotatable bonds is 12. The first kappa shape index (κ1) is 23.8. The van der Waals surface area contributed by atoms with Crippen LogP contribution in [0.4, 0.5) is 0 Å².